The zero-order valence-electron chi connectivity index (χ0n) is 19.6. The molecule has 0 saturated carbocycles. The summed E-state index contributed by atoms with van der Waals surface area (Å²) in [5.74, 6) is 2.21. The number of fused-ring (bicyclic) bond motifs is 2. The average molecular weight is 481 g/mol. The molecule has 1 atom stereocenters. The summed E-state index contributed by atoms with van der Waals surface area (Å²) in [7, 11) is 0. The van der Waals surface area contributed by atoms with E-state index in [1.807, 2.05) is 67.6 Å². The molecule has 1 amide bonds. The molecule has 9 heteroatoms. The number of carbonyl (C=O) groups excluding carboxylic acids is 1. The van der Waals surface area contributed by atoms with E-state index < -0.39 is 6.04 Å². The number of para-hydroxylation sites is 1. The molecule has 4 aromatic rings. The summed E-state index contributed by atoms with van der Waals surface area (Å²) in [6.45, 7) is 3.05. The number of hydrogen-bond acceptors (Lipinski definition) is 7. The number of nitrogens with one attached hydrogen (secondary N) is 2. The fraction of sp³-hybridized carbons (Fsp3) is 0.185. The molecule has 9 nitrogen and oxygen atoms in total. The zero-order valence-corrected chi connectivity index (χ0v) is 19.6. The van der Waals surface area contributed by atoms with Crippen LogP contribution in [0.15, 0.2) is 84.3 Å². The lowest BCUT2D eigenvalue weighted by molar-refractivity contribution is -0.113. The monoisotopic (exact) mass is 480 g/mol. The molecule has 0 bridgehead atoms. The predicted molar refractivity (Wildman–Crippen MR) is 135 cm³/mol. The van der Waals surface area contributed by atoms with E-state index in [2.05, 4.69) is 15.6 Å². The van der Waals surface area contributed by atoms with Crippen molar-refractivity contribution in [3.8, 4) is 22.9 Å². The first kappa shape index (κ1) is 21.8. The van der Waals surface area contributed by atoms with Crippen molar-refractivity contribution in [1.29, 1.82) is 0 Å². The maximum Gasteiger partial charge on any atom is 0.255 e. The fourth-order valence-corrected chi connectivity index (χ4v) is 4.45. The van der Waals surface area contributed by atoms with Gasteiger partial charge in [-0.15, -0.1) is 5.10 Å². The molecule has 36 heavy (non-hydrogen) atoms. The smallest absolute Gasteiger partial charge is 0.255 e. The Morgan fingerprint density at radius 2 is 1.81 bits per heavy atom. The zero-order chi connectivity index (χ0) is 24.5. The molecular formula is C27H24N6O3. The Balaban J connectivity index is 1.46. The molecule has 2 aromatic heterocycles. The molecule has 0 fully saturated rings. The highest BCUT2D eigenvalue weighted by atomic mass is 16.5. The van der Waals surface area contributed by atoms with Crippen LogP contribution < -0.4 is 20.1 Å². The van der Waals surface area contributed by atoms with Crippen LogP contribution in [0.25, 0.3) is 11.4 Å². The molecule has 2 aromatic carbocycles. The summed E-state index contributed by atoms with van der Waals surface area (Å²) in [6.07, 6.45) is 4.21. The minimum Gasteiger partial charge on any atom is -0.490 e. The van der Waals surface area contributed by atoms with Crippen LogP contribution in [0.4, 0.5) is 11.6 Å². The van der Waals surface area contributed by atoms with Crippen molar-refractivity contribution in [1.82, 2.24) is 19.7 Å². The number of pyridine rings is 1. The normalized spacial score (nSPS) is 16.5. The fourth-order valence-electron chi connectivity index (χ4n) is 4.45. The van der Waals surface area contributed by atoms with Crippen molar-refractivity contribution >= 4 is 17.5 Å². The highest BCUT2D eigenvalue weighted by Gasteiger charge is 2.35. The number of anilines is 2. The third kappa shape index (κ3) is 4.04. The van der Waals surface area contributed by atoms with Crippen molar-refractivity contribution in [3.05, 3.63) is 89.9 Å². The van der Waals surface area contributed by atoms with Gasteiger partial charge in [-0.25, -0.2) is 4.68 Å². The van der Waals surface area contributed by atoms with Crippen LogP contribution in [0.2, 0.25) is 0 Å². The van der Waals surface area contributed by atoms with Crippen molar-refractivity contribution in [2.45, 2.75) is 19.4 Å². The van der Waals surface area contributed by atoms with Crippen LogP contribution in [0.1, 0.15) is 24.9 Å². The number of aromatic nitrogens is 4. The largest absolute Gasteiger partial charge is 0.490 e. The van der Waals surface area contributed by atoms with Gasteiger partial charge in [0.05, 0.1) is 18.8 Å². The van der Waals surface area contributed by atoms with E-state index in [9.17, 15) is 4.79 Å². The van der Waals surface area contributed by atoms with Crippen molar-refractivity contribution < 1.29 is 14.3 Å². The lowest BCUT2D eigenvalue weighted by Gasteiger charge is -2.29. The highest BCUT2D eigenvalue weighted by Crippen LogP contribution is 2.40. The van der Waals surface area contributed by atoms with E-state index >= 15 is 0 Å². The summed E-state index contributed by atoms with van der Waals surface area (Å²) in [5, 5.41) is 11.1. The van der Waals surface area contributed by atoms with Crippen LogP contribution in [-0.4, -0.2) is 38.9 Å². The number of carbonyl (C=O) groups is 1. The molecule has 4 heterocycles. The number of rotatable bonds is 4. The van der Waals surface area contributed by atoms with Gasteiger partial charge in [-0.3, -0.25) is 9.78 Å². The van der Waals surface area contributed by atoms with Gasteiger partial charge in [0.25, 0.3) is 5.91 Å². The third-order valence-electron chi connectivity index (χ3n) is 6.15. The number of ether oxygens (including phenoxy) is 2. The van der Waals surface area contributed by atoms with Gasteiger partial charge in [0, 0.05) is 35.8 Å². The van der Waals surface area contributed by atoms with Gasteiger partial charge >= 0.3 is 0 Å². The Hall–Kier alpha value is -4.66. The van der Waals surface area contributed by atoms with Gasteiger partial charge in [-0.2, -0.15) is 4.98 Å². The second-order valence-corrected chi connectivity index (χ2v) is 8.58. The van der Waals surface area contributed by atoms with E-state index in [1.165, 1.54) is 0 Å². The second kappa shape index (κ2) is 9.18. The number of hydrogen-bond donors (Lipinski definition) is 2. The molecular weight excluding hydrogens is 456 g/mol. The number of amides is 1. The van der Waals surface area contributed by atoms with Gasteiger partial charge in [0.1, 0.15) is 6.04 Å². The second-order valence-electron chi connectivity index (χ2n) is 8.58. The molecule has 0 spiro atoms. The Labute approximate surface area is 207 Å². The van der Waals surface area contributed by atoms with Crippen LogP contribution in [0.5, 0.6) is 11.5 Å². The van der Waals surface area contributed by atoms with E-state index in [1.54, 1.807) is 17.1 Å². The maximum absolute atomic E-state index is 13.7. The first-order valence-electron chi connectivity index (χ1n) is 11.8. The molecule has 0 radical (unpaired) electrons. The van der Waals surface area contributed by atoms with Crippen LogP contribution in [0, 0.1) is 0 Å². The predicted octanol–water partition coefficient (Wildman–Crippen LogP) is 4.43. The van der Waals surface area contributed by atoms with Gasteiger partial charge in [0.2, 0.25) is 5.95 Å². The minimum absolute atomic E-state index is 0.227. The SMILES string of the molecule is CC1=C(C(=O)Nc2ccccc2)C(c2ccc3c(c2)OCCCO3)n2nc(-c3ccncc3)nc2N1. The first-order chi connectivity index (χ1) is 17.7. The lowest BCUT2D eigenvalue weighted by Crippen LogP contribution is -2.31. The highest BCUT2D eigenvalue weighted by molar-refractivity contribution is 6.06. The molecule has 0 saturated heterocycles. The maximum atomic E-state index is 13.7. The molecule has 180 valence electrons. The quantitative estimate of drug-likeness (QED) is 0.445. The Kier molecular flexibility index (Phi) is 5.57. The van der Waals surface area contributed by atoms with E-state index in [0.29, 0.717) is 53.4 Å². The van der Waals surface area contributed by atoms with Crippen LogP contribution >= 0.6 is 0 Å². The van der Waals surface area contributed by atoms with Crippen molar-refractivity contribution in [3.63, 3.8) is 0 Å². The van der Waals surface area contributed by atoms with Gasteiger partial charge in [0.15, 0.2) is 17.3 Å². The molecule has 6 rings (SSSR count). The summed E-state index contributed by atoms with van der Waals surface area (Å²) in [6, 6.07) is 18.3. The molecule has 2 aliphatic rings. The van der Waals surface area contributed by atoms with Crippen molar-refractivity contribution in [2.75, 3.05) is 23.8 Å². The molecule has 2 aliphatic heterocycles. The number of benzene rings is 2. The van der Waals surface area contributed by atoms with Crippen molar-refractivity contribution in [2.24, 2.45) is 0 Å². The van der Waals surface area contributed by atoms with Gasteiger partial charge < -0.3 is 20.1 Å². The van der Waals surface area contributed by atoms with Crippen LogP contribution in [-0.2, 0) is 4.79 Å². The first-order valence-corrected chi connectivity index (χ1v) is 11.8. The Morgan fingerprint density at radius 1 is 1.03 bits per heavy atom. The van der Waals surface area contributed by atoms with E-state index in [4.69, 9.17) is 19.6 Å². The Bertz CT molecular complexity index is 1450. The van der Waals surface area contributed by atoms with Gasteiger partial charge in [-0.05, 0) is 48.9 Å². The summed E-state index contributed by atoms with van der Waals surface area (Å²) in [5.41, 5.74) is 3.61. The minimum atomic E-state index is -0.537. The molecule has 0 aliphatic carbocycles. The molecule has 1 unspecified atom stereocenters. The number of nitrogens with zero attached hydrogens (tertiary/aromatic N) is 4. The lowest BCUT2D eigenvalue weighted by atomic mass is 9.94. The average Bonchev–Trinajstić information content (AvgIpc) is 3.18. The standard InChI is InChI=1S/C27H24N6O3/c1-17-23(26(34)30-20-6-3-2-4-7-20)24(19-8-9-21-22(16-19)36-15-5-14-35-21)33-27(29-17)31-25(32-33)18-10-12-28-13-11-18/h2-4,6-13,16,24H,5,14-15H2,1H3,(H,30,34)(H,29,31,32). The Morgan fingerprint density at radius 3 is 2.61 bits per heavy atom. The summed E-state index contributed by atoms with van der Waals surface area (Å²) < 4.78 is 13.5. The number of allylic oxidation sites excluding steroid dienone is 1. The summed E-state index contributed by atoms with van der Waals surface area (Å²) >= 11 is 0. The topological polar surface area (TPSA) is 103 Å². The van der Waals surface area contributed by atoms with Gasteiger partial charge in [-0.1, -0.05) is 24.3 Å². The summed E-state index contributed by atoms with van der Waals surface area (Å²) in [4.78, 5) is 22.5. The molecule has 2 N–H and O–H groups in total. The van der Waals surface area contributed by atoms with Crippen LogP contribution in [0.3, 0.4) is 0 Å². The van der Waals surface area contributed by atoms with E-state index in [-0.39, 0.29) is 5.91 Å². The third-order valence-corrected chi connectivity index (χ3v) is 6.15. The van der Waals surface area contributed by atoms with E-state index in [0.717, 1.165) is 17.5 Å².